The van der Waals surface area contributed by atoms with Gasteiger partial charge in [0.1, 0.15) is 0 Å². The third-order valence-corrected chi connectivity index (χ3v) is 4.03. The molecule has 1 aliphatic rings. The molecule has 0 aliphatic carbocycles. The van der Waals surface area contributed by atoms with Crippen LogP contribution in [0, 0.1) is 6.92 Å². The van der Waals surface area contributed by atoms with E-state index in [1.165, 1.54) is 17.3 Å². The minimum Gasteiger partial charge on any atom is -0.463 e. The predicted octanol–water partition coefficient (Wildman–Crippen LogP) is 2.56. The van der Waals surface area contributed by atoms with Crippen molar-refractivity contribution in [3.05, 3.63) is 46.0 Å². The first-order valence-corrected chi connectivity index (χ1v) is 6.98. The summed E-state index contributed by atoms with van der Waals surface area (Å²) in [6.45, 7) is 4.22. The van der Waals surface area contributed by atoms with Crippen molar-refractivity contribution in [3.63, 3.8) is 0 Å². The maximum atomic E-state index is 11.9. The van der Waals surface area contributed by atoms with E-state index >= 15 is 0 Å². The highest BCUT2D eigenvalue weighted by Gasteiger charge is 2.32. The molecule has 0 fully saturated rings. The number of hydrogen-bond donors (Lipinski definition) is 1. The molecule has 0 bridgehead atoms. The normalized spacial score (nSPS) is 19.1. The fraction of sp³-hybridized carbons (Fsp3) is 0.357. The summed E-state index contributed by atoms with van der Waals surface area (Å²) in [5.41, 5.74) is 8.86. The number of benzene rings is 1. The second-order valence-electron chi connectivity index (χ2n) is 4.27. The Balaban J connectivity index is 2.28. The number of hydrogen-bond acceptors (Lipinski definition) is 4. The topological polar surface area (TPSA) is 52.3 Å². The van der Waals surface area contributed by atoms with Crippen molar-refractivity contribution in [2.45, 2.75) is 19.8 Å². The van der Waals surface area contributed by atoms with Gasteiger partial charge in [0, 0.05) is 11.7 Å². The van der Waals surface area contributed by atoms with Crippen LogP contribution in [0.5, 0.6) is 0 Å². The molecule has 1 aliphatic heterocycles. The average Bonchev–Trinajstić information content (AvgIpc) is 2.72. The molecule has 0 spiro atoms. The Morgan fingerprint density at radius 2 is 2.11 bits per heavy atom. The summed E-state index contributed by atoms with van der Waals surface area (Å²) in [6, 6.07) is 8.21. The lowest BCUT2D eigenvalue weighted by Gasteiger charge is -2.14. The lowest BCUT2D eigenvalue weighted by Crippen LogP contribution is -2.15. The molecule has 2 N–H and O–H groups in total. The molecule has 18 heavy (non-hydrogen) atoms. The van der Waals surface area contributed by atoms with E-state index in [1.54, 1.807) is 6.92 Å². The zero-order chi connectivity index (χ0) is 13.1. The van der Waals surface area contributed by atoms with Crippen LogP contribution in [0.4, 0.5) is 0 Å². The first-order chi connectivity index (χ1) is 8.63. The highest BCUT2D eigenvalue weighted by molar-refractivity contribution is 8.03. The van der Waals surface area contributed by atoms with E-state index in [9.17, 15) is 4.79 Å². The first-order valence-electron chi connectivity index (χ1n) is 5.99. The zero-order valence-electron chi connectivity index (χ0n) is 10.6. The van der Waals surface area contributed by atoms with Crippen molar-refractivity contribution in [2.75, 3.05) is 12.4 Å². The van der Waals surface area contributed by atoms with Crippen molar-refractivity contribution < 1.29 is 9.53 Å². The van der Waals surface area contributed by atoms with Crippen molar-refractivity contribution in [1.29, 1.82) is 0 Å². The summed E-state index contributed by atoms with van der Waals surface area (Å²) < 4.78 is 5.08. The minimum absolute atomic E-state index is 0.0506. The number of aryl methyl sites for hydroxylation is 1. The van der Waals surface area contributed by atoms with Crippen LogP contribution in [0.3, 0.4) is 0 Å². The summed E-state index contributed by atoms with van der Waals surface area (Å²) in [5, 5.41) is 0.596. The standard InChI is InChI=1S/C14H17NO2S/c1-3-17-14(16)12-11(8-18-13(12)15)10-6-4-9(2)5-7-10/h4-7,11H,3,8,15H2,1-2H3. The van der Waals surface area contributed by atoms with Crippen molar-refractivity contribution in [1.82, 2.24) is 0 Å². The zero-order valence-corrected chi connectivity index (χ0v) is 11.4. The molecule has 0 aromatic heterocycles. The fourth-order valence-corrected chi connectivity index (χ4v) is 3.11. The number of rotatable bonds is 3. The van der Waals surface area contributed by atoms with E-state index in [0.717, 1.165) is 11.3 Å². The van der Waals surface area contributed by atoms with Gasteiger partial charge in [0.25, 0.3) is 0 Å². The van der Waals surface area contributed by atoms with Crippen LogP contribution in [-0.4, -0.2) is 18.3 Å². The number of thioether (sulfide) groups is 1. The summed E-state index contributed by atoms with van der Waals surface area (Å²) in [4.78, 5) is 11.9. The SMILES string of the molecule is CCOC(=O)C1=C(N)SCC1c1ccc(C)cc1. The van der Waals surface area contributed by atoms with Gasteiger partial charge in [0.15, 0.2) is 0 Å². The largest absolute Gasteiger partial charge is 0.463 e. The maximum absolute atomic E-state index is 11.9. The van der Waals surface area contributed by atoms with Crippen LogP contribution in [0.2, 0.25) is 0 Å². The molecule has 4 heteroatoms. The van der Waals surface area contributed by atoms with Gasteiger partial charge in [-0.15, -0.1) is 11.8 Å². The number of nitrogens with two attached hydrogens (primary N) is 1. The van der Waals surface area contributed by atoms with Crippen molar-refractivity contribution in [2.24, 2.45) is 5.73 Å². The quantitative estimate of drug-likeness (QED) is 0.852. The maximum Gasteiger partial charge on any atom is 0.337 e. The van der Waals surface area contributed by atoms with Gasteiger partial charge < -0.3 is 10.5 Å². The van der Waals surface area contributed by atoms with Crippen LogP contribution in [0.1, 0.15) is 24.0 Å². The predicted molar refractivity (Wildman–Crippen MR) is 74.2 cm³/mol. The van der Waals surface area contributed by atoms with Gasteiger partial charge in [-0.1, -0.05) is 29.8 Å². The molecule has 2 rings (SSSR count). The molecule has 0 saturated heterocycles. The molecule has 96 valence electrons. The van der Waals surface area contributed by atoms with Crippen molar-refractivity contribution >= 4 is 17.7 Å². The number of carbonyl (C=O) groups is 1. The highest BCUT2D eigenvalue weighted by Crippen LogP contribution is 2.40. The van der Waals surface area contributed by atoms with Gasteiger partial charge in [-0.3, -0.25) is 0 Å². The first kappa shape index (κ1) is 13.0. The van der Waals surface area contributed by atoms with Gasteiger partial charge in [-0.2, -0.15) is 0 Å². The molecule has 0 radical (unpaired) electrons. The third-order valence-electron chi connectivity index (χ3n) is 2.99. The molecule has 0 saturated carbocycles. The van der Waals surface area contributed by atoms with Crippen LogP contribution in [-0.2, 0) is 9.53 Å². The Labute approximate surface area is 111 Å². The second kappa shape index (κ2) is 5.48. The number of carbonyl (C=O) groups excluding carboxylic acids is 1. The van der Waals surface area contributed by atoms with Gasteiger partial charge in [-0.05, 0) is 19.4 Å². The van der Waals surface area contributed by atoms with Crippen LogP contribution in [0.25, 0.3) is 0 Å². The number of esters is 1. The molecule has 1 heterocycles. The van der Waals surface area contributed by atoms with E-state index in [4.69, 9.17) is 10.5 Å². The smallest absolute Gasteiger partial charge is 0.337 e. The molecule has 1 unspecified atom stereocenters. The van der Waals surface area contributed by atoms with E-state index in [-0.39, 0.29) is 11.9 Å². The van der Waals surface area contributed by atoms with Crippen molar-refractivity contribution in [3.8, 4) is 0 Å². The monoisotopic (exact) mass is 263 g/mol. The molecule has 1 aromatic carbocycles. The van der Waals surface area contributed by atoms with E-state index in [0.29, 0.717) is 17.2 Å². The van der Waals surface area contributed by atoms with E-state index < -0.39 is 0 Å². The van der Waals surface area contributed by atoms with Crippen LogP contribution in [0.15, 0.2) is 34.9 Å². The fourth-order valence-electron chi connectivity index (χ4n) is 2.02. The Hall–Kier alpha value is -1.42. The summed E-state index contributed by atoms with van der Waals surface area (Å²) in [6.07, 6.45) is 0. The van der Waals surface area contributed by atoms with E-state index in [1.807, 2.05) is 6.92 Å². The Bertz CT molecular complexity index is 479. The third kappa shape index (κ3) is 2.53. The molecule has 1 aromatic rings. The average molecular weight is 263 g/mol. The van der Waals surface area contributed by atoms with Gasteiger partial charge in [-0.25, -0.2) is 4.79 Å². The summed E-state index contributed by atoms with van der Waals surface area (Å²) in [7, 11) is 0. The highest BCUT2D eigenvalue weighted by atomic mass is 32.2. The van der Waals surface area contributed by atoms with E-state index in [2.05, 4.69) is 24.3 Å². The number of ether oxygens (including phenoxy) is 1. The Kier molecular flexibility index (Phi) is 3.97. The minimum atomic E-state index is -0.287. The molecular weight excluding hydrogens is 246 g/mol. The molecule has 1 atom stereocenters. The lowest BCUT2D eigenvalue weighted by atomic mass is 9.93. The molecular formula is C14H17NO2S. The van der Waals surface area contributed by atoms with Gasteiger partial charge in [0.05, 0.1) is 17.2 Å². The second-order valence-corrected chi connectivity index (χ2v) is 5.33. The summed E-state index contributed by atoms with van der Waals surface area (Å²) >= 11 is 1.52. The van der Waals surface area contributed by atoms with Crippen LogP contribution < -0.4 is 5.73 Å². The molecule has 0 amide bonds. The van der Waals surface area contributed by atoms with Gasteiger partial charge >= 0.3 is 5.97 Å². The lowest BCUT2D eigenvalue weighted by molar-refractivity contribution is -0.138. The Morgan fingerprint density at radius 1 is 1.44 bits per heavy atom. The summed E-state index contributed by atoms with van der Waals surface area (Å²) in [5.74, 6) is 0.573. The molecule has 3 nitrogen and oxygen atoms in total. The Morgan fingerprint density at radius 3 is 2.72 bits per heavy atom. The van der Waals surface area contributed by atoms with Gasteiger partial charge in [0.2, 0.25) is 0 Å². The van der Waals surface area contributed by atoms with Crippen LogP contribution >= 0.6 is 11.8 Å².